The van der Waals surface area contributed by atoms with Crippen LogP contribution < -0.4 is 21.7 Å². The molecule has 4 rings (SSSR count). The number of nitrogens with zero attached hydrogens (tertiary/aromatic N) is 5. The molecule has 1 aromatic heterocycles. The number of aromatic hydroxyl groups is 1. The number of halogens is 1. The van der Waals surface area contributed by atoms with E-state index < -0.39 is 145 Å². The zero-order valence-electron chi connectivity index (χ0n) is 29.9. The van der Waals surface area contributed by atoms with Gasteiger partial charge in [0.25, 0.3) is 20.2 Å². The molecule has 0 fully saturated rings. The highest BCUT2D eigenvalue weighted by atomic mass is 35.5. The fourth-order valence-electron chi connectivity index (χ4n) is 4.52. The summed E-state index contributed by atoms with van der Waals surface area (Å²) in [6, 6.07) is 5.40. The Balaban J connectivity index is 1.67. The van der Waals surface area contributed by atoms with E-state index >= 15 is 0 Å². The minimum atomic E-state index is -5.34. The molecule has 62 heavy (non-hydrogen) atoms. The van der Waals surface area contributed by atoms with Crippen molar-refractivity contribution in [1.82, 2.24) is 15.0 Å². The minimum Gasteiger partial charge on any atom is -0.504 e. The van der Waals surface area contributed by atoms with E-state index in [1.165, 1.54) is 6.07 Å². The maximum atomic E-state index is 12.9. The van der Waals surface area contributed by atoms with Crippen LogP contribution in [0.3, 0.4) is 0 Å². The van der Waals surface area contributed by atoms with Gasteiger partial charge in [-0.3, -0.25) is 18.2 Å². The van der Waals surface area contributed by atoms with Gasteiger partial charge in [0.15, 0.2) is 25.4 Å². The Hall–Kier alpha value is -5.31. The number of carbonyl (C=O) groups is 1. The Morgan fingerprint density at radius 2 is 1.15 bits per heavy atom. The Kier molecular flexibility index (Phi) is 14.8. The minimum absolute atomic E-state index is 0.0104. The van der Waals surface area contributed by atoms with Crippen LogP contribution in [0.4, 0.5) is 45.1 Å². The maximum Gasteiger partial charge on any atom is 0.397 e. The van der Waals surface area contributed by atoms with Crippen LogP contribution in [-0.2, 0) is 69.1 Å². The third-order valence-corrected chi connectivity index (χ3v) is 13.2. The molecule has 10 N–H and O–H groups in total. The summed E-state index contributed by atoms with van der Waals surface area (Å²) < 4.78 is 187. The average Bonchev–Trinajstić information content (AvgIpc) is 3.09. The van der Waals surface area contributed by atoms with Crippen molar-refractivity contribution in [3.8, 4) is 5.75 Å². The van der Waals surface area contributed by atoms with Crippen molar-refractivity contribution in [3.63, 3.8) is 0 Å². The summed E-state index contributed by atoms with van der Waals surface area (Å²) in [4.78, 5) is 19.3. The number of benzene rings is 3. The standard InChI is InChI=1S/C26H26ClN9O20S6/c27-23-32-25(34-26(33-23)31-19-10-15(12-21(22(19)37)60(46,47)48)58(41,42)8-6-56-62(52,53)54)29-13-1-3-16(18(9-13)30-24(28)38)35-36-17-4-2-14(11-20(17)59(43,44)45)57(39,40)7-5-55-61(49,50)51/h1-4,9-12,37H,5-8H2,(H3,28,30,38)(H,43,44,45)(H,46,47,48)(H,49,50,51)(H,52,53,54)(H2,29,31,32,33,34). The van der Waals surface area contributed by atoms with Crippen LogP contribution in [0, 0.1) is 0 Å². The molecule has 0 saturated heterocycles. The van der Waals surface area contributed by atoms with Crippen molar-refractivity contribution < 1.29 is 87.0 Å². The second kappa shape index (κ2) is 18.6. The molecule has 1 heterocycles. The van der Waals surface area contributed by atoms with Gasteiger partial charge in [-0.05, 0) is 60.1 Å². The molecule has 2 amide bonds. The number of azo groups is 1. The molecule has 0 atom stereocenters. The van der Waals surface area contributed by atoms with E-state index in [9.17, 15) is 69.5 Å². The average molecular weight is 1010 g/mol. The monoisotopic (exact) mass is 1010 g/mol. The van der Waals surface area contributed by atoms with E-state index in [-0.39, 0.29) is 17.1 Å². The van der Waals surface area contributed by atoms with Crippen LogP contribution in [0.2, 0.25) is 5.28 Å². The normalized spacial score (nSPS) is 12.9. The van der Waals surface area contributed by atoms with E-state index in [1.54, 1.807) is 0 Å². The van der Waals surface area contributed by atoms with Crippen molar-refractivity contribution in [3.05, 3.63) is 53.8 Å². The number of carbonyl (C=O) groups excluding carboxylic acids is 1. The molecule has 29 nitrogen and oxygen atoms in total. The zero-order chi connectivity index (χ0) is 46.6. The Morgan fingerprint density at radius 3 is 1.68 bits per heavy atom. The quantitative estimate of drug-likeness (QED) is 0.0363. The topological polar surface area (TPSA) is 467 Å². The van der Waals surface area contributed by atoms with Gasteiger partial charge in [-0.25, -0.2) is 30.0 Å². The fraction of sp³-hybridized carbons (Fsp3) is 0.154. The van der Waals surface area contributed by atoms with Crippen molar-refractivity contribution >= 4 is 119 Å². The first-order chi connectivity index (χ1) is 28.3. The molecule has 36 heteroatoms. The number of hydrogen-bond acceptors (Lipinski definition) is 23. The molecule has 0 bridgehead atoms. The molecule has 338 valence electrons. The molecule has 4 aromatic rings. The number of primary amides is 1. The van der Waals surface area contributed by atoms with E-state index in [2.05, 4.69) is 49.5 Å². The lowest BCUT2D eigenvalue weighted by atomic mass is 10.2. The largest absolute Gasteiger partial charge is 0.504 e. The summed E-state index contributed by atoms with van der Waals surface area (Å²) in [6.07, 6.45) is 0. The van der Waals surface area contributed by atoms with Crippen LogP contribution in [0.15, 0.2) is 78.3 Å². The number of sulfone groups is 2. The van der Waals surface area contributed by atoms with Crippen LogP contribution in [0.5, 0.6) is 5.75 Å². The van der Waals surface area contributed by atoms with E-state index in [4.69, 9.17) is 26.4 Å². The number of nitrogens with one attached hydrogen (secondary N) is 3. The first-order valence-electron chi connectivity index (χ1n) is 15.6. The molecule has 0 unspecified atom stereocenters. The lowest BCUT2D eigenvalue weighted by Crippen LogP contribution is -2.19. The summed E-state index contributed by atoms with van der Waals surface area (Å²) >= 11 is 6.02. The van der Waals surface area contributed by atoms with Crippen molar-refractivity contribution in [2.75, 3.05) is 40.7 Å². The number of rotatable bonds is 19. The summed E-state index contributed by atoms with van der Waals surface area (Å²) in [5.41, 5.74) is 3.33. The summed E-state index contributed by atoms with van der Waals surface area (Å²) in [6.45, 7) is -2.19. The Labute approximate surface area is 354 Å². The zero-order valence-corrected chi connectivity index (χ0v) is 35.6. The number of amides is 2. The van der Waals surface area contributed by atoms with Gasteiger partial charge in [0, 0.05) is 5.69 Å². The van der Waals surface area contributed by atoms with Gasteiger partial charge in [0.05, 0.1) is 45.9 Å². The Bertz CT molecular complexity index is 3160. The highest BCUT2D eigenvalue weighted by molar-refractivity contribution is 7.92. The molecular formula is C26H26ClN9O20S6. The Morgan fingerprint density at radius 1 is 0.645 bits per heavy atom. The highest BCUT2D eigenvalue weighted by Gasteiger charge is 2.27. The third-order valence-electron chi connectivity index (χ3n) is 7.05. The summed E-state index contributed by atoms with van der Waals surface area (Å²) in [5.74, 6) is -4.53. The molecule has 0 aliphatic heterocycles. The smallest absolute Gasteiger partial charge is 0.397 e. The number of aromatic nitrogens is 3. The van der Waals surface area contributed by atoms with E-state index in [0.29, 0.717) is 18.2 Å². The predicted octanol–water partition coefficient (Wildman–Crippen LogP) is 1.30. The van der Waals surface area contributed by atoms with Gasteiger partial charge in [0.2, 0.25) is 17.2 Å². The second-order valence-electron chi connectivity index (χ2n) is 11.5. The molecule has 3 aromatic carbocycles. The van der Waals surface area contributed by atoms with Crippen molar-refractivity contribution in [2.45, 2.75) is 19.6 Å². The van der Waals surface area contributed by atoms with Gasteiger partial charge in [-0.15, -0.1) is 10.2 Å². The molecule has 0 radical (unpaired) electrons. The van der Waals surface area contributed by atoms with Gasteiger partial charge < -0.3 is 26.8 Å². The van der Waals surface area contributed by atoms with E-state index in [1.807, 2.05) is 0 Å². The summed E-state index contributed by atoms with van der Waals surface area (Å²) in [5, 5.41) is 24.7. The van der Waals surface area contributed by atoms with Crippen molar-refractivity contribution in [1.29, 1.82) is 0 Å². The molecular weight excluding hydrogens is 986 g/mol. The maximum absolute atomic E-state index is 12.9. The number of nitrogens with two attached hydrogens (primary N) is 1. The number of anilines is 5. The number of phenolic OH excluding ortho intramolecular Hbond substituents is 1. The summed E-state index contributed by atoms with van der Waals surface area (Å²) in [7, 11) is -29.8. The van der Waals surface area contributed by atoms with Crippen molar-refractivity contribution in [2.24, 2.45) is 16.0 Å². The molecule has 0 aliphatic rings. The number of urea groups is 1. The number of hydrogen-bond donors (Lipinski definition) is 9. The highest BCUT2D eigenvalue weighted by Crippen LogP contribution is 2.37. The van der Waals surface area contributed by atoms with Gasteiger partial charge in [-0.1, -0.05) is 0 Å². The molecule has 0 aliphatic carbocycles. The lowest BCUT2D eigenvalue weighted by molar-refractivity contribution is 0.259. The SMILES string of the molecule is NC(=O)Nc1cc(Nc2nc(Cl)nc(Nc3cc(S(=O)(=O)CCOS(=O)(=O)O)cc(S(=O)(=O)O)c3O)n2)ccc1N=Nc1ccc(S(=O)(=O)CCOS(=O)(=O)O)cc1S(=O)(=O)O. The van der Waals surface area contributed by atoms with E-state index in [0.717, 1.165) is 24.3 Å². The third kappa shape index (κ3) is 14.1. The first-order valence-corrected chi connectivity index (χ1v) is 24.9. The van der Waals surface area contributed by atoms with Gasteiger partial charge in [-0.2, -0.15) is 48.6 Å². The first kappa shape index (κ1) is 49.3. The number of phenols is 1. The van der Waals surface area contributed by atoms with Crippen LogP contribution in [0.1, 0.15) is 0 Å². The van der Waals surface area contributed by atoms with Gasteiger partial charge >= 0.3 is 26.8 Å². The lowest BCUT2D eigenvalue weighted by Gasteiger charge is -2.14. The molecule has 0 saturated carbocycles. The van der Waals surface area contributed by atoms with Crippen LogP contribution in [0.25, 0.3) is 0 Å². The van der Waals surface area contributed by atoms with Crippen LogP contribution >= 0.6 is 11.6 Å². The van der Waals surface area contributed by atoms with Crippen LogP contribution in [-0.4, -0.2) is 120 Å². The van der Waals surface area contributed by atoms with Gasteiger partial charge in [0.1, 0.15) is 21.2 Å². The fourth-order valence-corrected chi connectivity index (χ4v) is 9.15. The predicted molar refractivity (Wildman–Crippen MR) is 209 cm³/mol. The molecule has 0 spiro atoms. The second-order valence-corrected chi connectivity index (χ2v) is 21.0.